The van der Waals surface area contributed by atoms with Crippen molar-refractivity contribution in [3.8, 4) is 5.75 Å². The van der Waals surface area contributed by atoms with Gasteiger partial charge < -0.3 is 10.5 Å². The summed E-state index contributed by atoms with van der Waals surface area (Å²) in [5.41, 5.74) is 8.79. The number of thiophene rings is 1. The molecule has 0 saturated carbocycles. The average molecular weight is 352 g/mol. The maximum atomic E-state index is 6.09. The number of nitrogens with two attached hydrogens (primary N) is 1. The minimum absolute atomic E-state index is 0.0621. The van der Waals surface area contributed by atoms with Crippen LogP contribution in [0.25, 0.3) is 0 Å². The van der Waals surface area contributed by atoms with Gasteiger partial charge >= 0.3 is 0 Å². The Morgan fingerprint density at radius 2 is 1.95 bits per heavy atom. The second-order valence-corrected chi connectivity index (χ2v) is 7.62. The van der Waals surface area contributed by atoms with Gasteiger partial charge in [0.1, 0.15) is 11.9 Å². The summed E-state index contributed by atoms with van der Waals surface area (Å²) in [5, 5.41) is 0. The van der Waals surface area contributed by atoms with Crippen molar-refractivity contribution >= 4 is 27.3 Å². The molecule has 2 aromatic rings. The molecule has 3 rings (SSSR count). The molecule has 1 heterocycles. The first-order chi connectivity index (χ1) is 9.76. The quantitative estimate of drug-likeness (QED) is 0.881. The van der Waals surface area contributed by atoms with Gasteiger partial charge in [0, 0.05) is 11.4 Å². The van der Waals surface area contributed by atoms with Crippen molar-refractivity contribution in [3.05, 3.63) is 50.1 Å². The highest BCUT2D eigenvalue weighted by Crippen LogP contribution is 2.32. The van der Waals surface area contributed by atoms with E-state index in [0.29, 0.717) is 6.54 Å². The Bertz CT molecular complexity index is 596. The van der Waals surface area contributed by atoms with Crippen molar-refractivity contribution in [2.45, 2.75) is 31.8 Å². The molecule has 0 fully saturated rings. The molecule has 0 bridgehead atoms. The number of ether oxygens (including phenoxy) is 1. The van der Waals surface area contributed by atoms with Gasteiger partial charge in [0.25, 0.3) is 0 Å². The summed E-state index contributed by atoms with van der Waals surface area (Å²) in [6, 6.07) is 10.6. The molecular formula is C16H18BrNOS. The maximum Gasteiger partial charge on any atom is 0.145 e. The van der Waals surface area contributed by atoms with Crippen molar-refractivity contribution in [3.63, 3.8) is 0 Å². The first kappa shape index (κ1) is 14.1. The summed E-state index contributed by atoms with van der Waals surface area (Å²) in [7, 11) is 0. The van der Waals surface area contributed by atoms with Crippen LogP contribution in [0.3, 0.4) is 0 Å². The van der Waals surface area contributed by atoms with Crippen LogP contribution in [-0.4, -0.2) is 6.54 Å². The van der Waals surface area contributed by atoms with Crippen LogP contribution in [0, 0.1) is 0 Å². The third-order valence-electron chi connectivity index (χ3n) is 3.72. The van der Waals surface area contributed by atoms with E-state index in [1.165, 1.54) is 36.8 Å². The zero-order valence-electron chi connectivity index (χ0n) is 11.3. The van der Waals surface area contributed by atoms with Crippen molar-refractivity contribution in [2.24, 2.45) is 5.73 Å². The predicted octanol–water partition coefficient (Wildman–Crippen LogP) is 4.47. The monoisotopic (exact) mass is 351 g/mol. The number of aryl methyl sites for hydroxylation is 2. The fourth-order valence-corrected chi connectivity index (χ4v) is 4.14. The first-order valence-corrected chi connectivity index (χ1v) is 8.61. The van der Waals surface area contributed by atoms with Crippen LogP contribution in [0.2, 0.25) is 0 Å². The molecule has 1 aliphatic rings. The number of benzene rings is 1. The molecule has 1 unspecified atom stereocenters. The fourth-order valence-electron chi connectivity index (χ4n) is 2.67. The van der Waals surface area contributed by atoms with Gasteiger partial charge in [-0.05, 0) is 77.0 Å². The van der Waals surface area contributed by atoms with Crippen LogP contribution in [0.1, 0.15) is 34.9 Å². The molecule has 4 heteroatoms. The van der Waals surface area contributed by atoms with Crippen LogP contribution in [-0.2, 0) is 12.8 Å². The van der Waals surface area contributed by atoms with Crippen LogP contribution in [0.5, 0.6) is 5.75 Å². The lowest BCUT2D eigenvalue weighted by Gasteiger charge is -2.20. The molecule has 1 aromatic carbocycles. The zero-order valence-corrected chi connectivity index (χ0v) is 13.7. The number of rotatable bonds is 4. The van der Waals surface area contributed by atoms with Crippen LogP contribution >= 0.6 is 27.3 Å². The summed E-state index contributed by atoms with van der Waals surface area (Å²) >= 11 is 5.17. The van der Waals surface area contributed by atoms with Crippen LogP contribution in [0.15, 0.2) is 34.1 Å². The number of hydrogen-bond donors (Lipinski definition) is 1. The summed E-state index contributed by atoms with van der Waals surface area (Å²) < 4.78 is 7.20. The Labute approximate surface area is 132 Å². The molecule has 106 valence electrons. The van der Waals surface area contributed by atoms with E-state index in [4.69, 9.17) is 10.5 Å². The van der Waals surface area contributed by atoms with E-state index in [2.05, 4.69) is 40.2 Å². The Kier molecular flexibility index (Phi) is 4.44. The molecule has 0 radical (unpaired) electrons. The third kappa shape index (κ3) is 3.08. The average Bonchev–Trinajstić information content (AvgIpc) is 2.91. The molecule has 2 nitrogen and oxygen atoms in total. The standard InChI is InChI=1S/C16H18BrNOS/c17-16-8-7-15(20-16)14(10-18)19-13-6-5-11-3-1-2-4-12(11)9-13/h5-9,14H,1-4,10,18H2. The molecule has 1 atom stereocenters. The lowest BCUT2D eigenvalue weighted by Crippen LogP contribution is -2.17. The molecular weight excluding hydrogens is 334 g/mol. The van der Waals surface area contributed by atoms with E-state index in [-0.39, 0.29) is 6.10 Å². The second-order valence-electron chi connectivity index (χ2n) is 5.12. The SMILES string of the molecule is NCC(Oc1ccc2c(c1)CCCC2)c1ccc(Br)s1. The van der Waals surface area contributed by atoms with E-state index in [0.717, 1.165) is 14.4 Å². The van der Waals surface area contributed by atoms with Crippen molar-refractivity contribution in [2.75, 3.05) is 6.54 Å². The van der Waals surface area contributed by atoms with E-state index in [9.17, 15) is 0 Å². The summed E-state index contributed by atoms with van der Waals surface area (Å²) in [6.07, 6.45) is 4.90. The molecule has 0 spiro atoms. The third-order valence-corrected chi connectivity index (χ3v) is 5.44. The summed E-state index contributed by atoms with van der Waals surface area (Å²) in [6.45, 7) is 0.490. The van der Waals surface area contributed by atoms with Gasteiger partial charge in [-0.15, -0.1) is 11.3 Å². The fraction of sp³-hybridized carbons (Fsp3) is 0.375. The van der Waals surface area contributed by atoms with E-state index < -0.39 is 0 Å². The van der Waals surface area contributed by atoms with Crippen LogP contribution < -0.4 is 10.5 Å². The number of fused-ring (bicyclic) bond motifs is 1. The van der Waals surface area contributed by atoms with E-state index in [1.54, 1.807) is 11.3 Å². The van der Waals surface area contributed by atoms with Gasteiger partial charge in [0.2, 0.25) is 0 Å². The molecule has 1 aromatic heterocycles. The summed E-state index contributed by atoms with van der Waals surface area (Å²) in [4.78, 5) is 1.16. The van der Waals surface area contributed by atoms with Gasteiger partial charge in [-0.25, -0.2) is 0 Å². The Hall–Kier alpha value is -0.840. The van der Waals surface area contributed by atoms with Gasteiger partial charge in [-0.1, -0.05) is 6.07 Å². The van der Waals surface area contributed by atoms with E-state index in [1.807, 2.05) is 6.07 Å². The molecule has 0 saturated heterocycles. The number of hydrogen-bond acceptors (Lipinski definition) is 3. The summed E-state index contributed by atoms with van der Waals surface area (Å²) in [5.74, 6) is 0.936. The largest absolute Gasteiger partial charge is 0.484 e. The highest BCUT2D eigenvalue weighted by Gasteiger charge is 2.16. The Morgan fingerprint density at radius 1 is 1.15 bits per heavy atom. The van der Waals surface area contributed by atoms with Gasteiger partial charge in [0.05, 0.1) is 3.79 Å². The van der Waals surface area contributed by atoms with Gasteiger partial charge in [0.15, 0.2) is 0 Å². The van der Waals surface area contributed by atoms with Gasteiger partial charge in [-0.3, -0.25) is 0 Å². The lowest BCUT2D eigenvalue weighted by atomic mass is 9.92. The molecule has 0 aliphatic heterocycles. The van der Waals surface area contributed by atoms with Crippen molar-refractivity contribution < 1.29 is 4.74 Å². The normalized spacial score (nSPS) is 15.7. The second kappa shape index (κ2) is 6.29. The molecule has 0 amide bonds. The molecule has 2 N–H and O–H groups in total. The minimum atomic E-state index is -0.0621. The van der Waals surface area contributed by atoms with Crippen LogP contribution in [0.4, 0.5) is 0 Å². The van der Waals surface area contributed by atoms with Gasteiger partial charge in [-0.2, -0.15) is 0 Å². The number of halogens is 1. The van der Waals surface area contributed by atoms with Crippen molar-refractivity contribution in [1.29, 1.82) is 0 Å². The molecule has 1 aliphatic carbocycles. The van der Waals surface area contributed by atoms with E-state index >= 15 is 0 Å². The Balaban J connectivity index is 1.79. The minimum Gasteiger partial charge on any atom is -0.484 e. The zero-order chi connectivity index (χ0) is 13.9. The highest BCUT2D eigenvalue weighted by molar-refractivity contribution is 9.11. The highest BCUT2D eigenvalue weighted by atomic mass is 79.9. The Morgan fingerprint density at radius 3 is 2.65 bits per heavy atom. The first-order valence-electron chi connectivity index (χ1n) is 7.00. The lowest BCUT2D eigenvalue weighted by molar-refractivity contribution is 0.217. The maximum absolute atomic E-state index is 6.09. The smallest absolute Gasteiger partial charge is 0.145 e. The molecule has 20 heavy (non-hydrogen) atoms. The predicted molar refractivity (Wildman–Crippen MR) is 87.5 cm³/mol. The topological polar surface area (TPSA) is 35.2 Å². The van der Waals surface area contributed by atoms with Crippen molar-refractivity contribution in [1.82, 2.24) is 0 Å².